The molecule has 0 saturated carbocycles. The molecular weight excluding hydrogens is 287 g/mol. The van der Waals surface area contributed by atoms with Crippen molar-refractivity contribution in [1.82, 2.24) is 10.2 Å². The van der Waals surface area contributed by atoms with Crippen LogP contribution in [0.15, 0.2) is 18.2 Å². The van der Waals surface area contributed by atoms with E-state index in [0.29, 0.717) is 16.3 Å². The van der Waals surface area contributed by atoms with Gasteiger partial charge in [0, 0.05) is 29.2 Å². The number of thiophene rings is 1. The predicted molar refractivity (Wildman–Crippen MR) is 84.5 cm³/mol. The fraction of sp³-hybridized carbons (Fsp3) is 0.438. The van der Waals surface area contributed by atoms with Crippen molar-refractivity contribution < 1.29 is 9.18 Å². The third kappa shape index (κ3) is 2.56. The Hall–Kier alpha value is -1.46. The highest BCUT2D eigenvalue weighted by Crippen LogP contribution is 2.33. The average molecular weight is 306 g/mol. The third-order valence-electron chi connectivity index (χ3n) is 4.21. The zero-order chi connectivity index (χ0) is 15.0. The summed E-state index contributed by atoms with van der Waals surface area (Å²) in [5.74, 6) is -0.208. The minimum absolute atomic E-state index is 0.0352. The standard InChI is InChI=1S/C16H19FN2OS/c1-10-14-12(17)6-3-7-13(14)21-15(10)16(20)19-8-4-5-11(9-19)18-2/h3,6-7,11,18H,4-5,8-9H2,1-2H3. The zero-order valence-electron chi connectivity index (χ0n) is 12.3. The second-order valence-electron chi connectivity index (χ2n) is 5.55. The maximum absolute atomic E-state index is 14.0. The maximum Gasteiger partial charge on any atom is 0.264 e. The molecule has 0 bridgehead atoms. The molecule has 3 rings (SSSR count). The number of carbonyl (C=O) groups is 1. The van der Waals surface area contributed by atoms with Crippen LogP contribution in [0.2, 0.25) is 0 Å². The van der Waals surface area contributed by atoms with Crippen LogP contribution in [0.3, 0.4) is 0 Å². The number of likely N-dealkylation sites (N-methyl/N-ethyl adjacent to an activating group) is 1. The molecule has 3 nitrogen and oxygen atoms in total. The smallest absolute Gasteiger partial charge is 0.264 e. The number of nitrogens with zero attached hydrogens (tertiary/aromatic N) is 1. The number of piperidine rings is 1. The molecule has 1 N–H and O–H groups in total. The van der Waals surface area contributed by atoms with E-state index in [-0.39, 0.29) is 11.7 Å². The van der Waals surface area contributed by atoms with E-state index in [9.17, 15) is 9.18 Å². The normalized spacial score (nSPS) is 19.2. The van der Waals surface area contributed by atoms with Crippen LogP contribution in [0.5, 0.6) is 0 Å². The first kappa shape index (κ1) is 14.5. The Labute approximate surface area is 127 Å². The minimum Gasteiger partial charge on any atom is -0.336 e. The molecule has 1 amide bonds. The Morgan fingerprint density at radius 2 is 2.29 bits per heavy atom. The number of carbonyl (C=O) groups excluding carboxylic acids is 1. The van der Waals surface area contributed by atoms with Crippen LogP contribution in [0.1, 0.15) is 28.1 Å². The molecular formula is C16H19FN2OS. The number of hydrogen-bond acceptors (Lipinski definition) is 3. The van der Waals surface area contributed by atoms with Crippen molar-refractivity contribution >= 4 is 27.3 Å². The van der Waals surface area contributed by atoms with Crippen LogP contribution in [-0.4, -0.2) is 37.0 Å². The number of nitrogens with one attached hydrogen (secondary N) is 1. The summed E-state index contributed by atoms with van der Waals surface area (Å²) in [6.45, 7) is 3.35. The van der Waals surface area contributed by atoms with Gasteiger partial charge in [-0.05, 0) is 44.5 Å². The van der Waals surface area contributed by atoms with Crippen molar-refractivity contribution in [2.75, 3.05) is 20.1 Å². The first-order chi connectivity index (χ1) is 10.1. The van der Waals surface area contributed by atoms with Crippen LogP contribution in [-0.2, 0) is 0 Å². The fourth-order valence-corrected chi connectivity index (χ4v) is 4.19. The van der Waals surface area contributed by atoms with Crippen LogP contribution >= 0.6 is 11.3 Å². The van der Waals surface area contributed by atoms with E-state index in [1.165, 1.54) is 17.4 Å². The third-order valence-corrected chi connectivity index (χ3v) is 5.46. The minimum atomic E-state index is -0.243. The van der Waals surface area contributed by atoms with Gasteiger partial charge in [-0.15, -0.1) is 11.3 Å². The van der Waals surface area contributed by atoms with E-state index in [2.05, 4.69) is 5.32 Å². The molecule has 1 aliphatic heterocycles. The summed E-state index contributed by atoms with van der Waals surface area (Å²) < 4.78 is 14.8. The Morgan fingerprint density at radius 3 is 3.00 bits per heavy atom. The molecule has 0 aliphatic carbocycles. The van der Waals surface area contributed by atoms with E-state index < -0.39 is 0 Å². The topological polar surface area (TPSA) is 32.3 Å². The van der Waals surface area contributed by atoms with Gasteiger partial charge in [0.15, 0.2) is 0 Å². The van der Waals surface area contributed by atoms with Crippen molar-refractivity contribution in [2.45, 2.75) is 25.8 Å². The highest BCUT2D eigenvalue weighted by atomic mass is 32.1. The monoisotopic (exact) mass is 306 g/mol. The van der Waals surface area contributed by atoms with Gasteiger partial charge in [0.25, 0.3) is 5.91 Å². The molecule has 1 atom stereocenters. The highest BCUT2D eigenvalue weighted by molar-refractivity contribution is 7.21. The Bertz CT molecular complexity index is 682. The van der Waals surface area contributed by atoms with Crippen molar-refractivity contribution in [1.29, 1.82) is 0 Å². The molecule has 112 valence electrons. The second kappa shape index (κ2) is 5.73. The summed E-state index contributed by atoms with van der Waals surface area (Å²) in [6, 6.07) is 5.38. The van der Waals surface area contributed by atoms with Crippen LogP contribution in [0.4, 0.5) is 4.39 Å². The van der Waals surface area contributed by atoms with Crippen LogP contribution < -0.4 is 5.32 Å². The molecule has 1 fully saturated rings. The van der Waals surface area contributed by atoms with Crippen molar-refractivity contribution in [3.8, 4) is 0 Å². The number of aryl methyl sites for hydroxylation is 1. The van der Waals surface area contributed by atoms with E-state index in [1.807, 2.05) is 24.9 Å². The molecule has 1 aromatic carbocycles. The largest absolute Gasteiger partial charge is 0.336 e. The van der Waals surface area contributed by atoms with Crippen molar-refractivity contribution in [3.05, 3.63) is 34.5 Å². The van der Waals surface area contributed by atoms with E-state index in [1.54, 1.807) is 6.07 Å². The van der Waals surface area contributed by atoms with Gasteiger partial charge in [0.2, 0.25) is 0 Å². The number of likely N-dealkylation sites (tertiary alicyclic amines) is 1. The lowest BCUT2D eigenvalue weighted by molar-refractivity contribution is 0.0702. The average Bonchev–Trinajstić information content (AvgIpc) is 2.85. The van der Waals surface area contributed by atoms with Gasteiger partial charge in [-0.3, -0.25) is 4.79 Å². The van der Waals surface area contributed by atoms with Crippen molar-refractivity contribution in [3.63, 3.8) is 0 Å². The van der Waals surface area contributed by atoms with Gasteiger partial charge in [0.05, 0.1) is 4.88 Å². The summed E-state index contributed by atoms with van der Waals surface area (Å²) in [6.07, 6.45) is 2.11. The summed E-state index contributed by atoms with van der Waals surface area (Å²) in [5.41, 5.74) is 0.768. The highest BCUT2D eigenvalue weighted by Gasteiger charge is 2.26. The molecule has 2 aromatic rings. The first-order valence-corrected chi connectivity index (χ1v) is 8.07. The number of rotatable bonds is 2. The molecule has 1 aromatic heterocycles. The van der Waals surface area contributed by atoms with Gasteiger partial charge in [0.1, 0.15) is 5.82 Å². The lowest BCUT2D eigenvalue weighted by atomic mass is 10.1. The molecule has 0 radical (unpaired) electrons. The van der Waals surface area contributed by atoms with Gasteiger partial charge in [-0.2, -0.15) is 0 Å². The van der Waals surface area contributed by atoms with Gasteiger partial charge in [-0.1, -0.05) is 6.07 Å². The Balaban J connectivity index is 1.95. The summed E-state index contributed by atoms with van der Waals surface area (Å²) in [5, 5.41) is 3.83. The predicted octanol–water partition coefficient (Wildman–Crippen LogP) is 3.17. The fourth-order valence-electron chi connectivity index (χ4n) is 3.00. The van der Waals surface area contributed by atoms with Gasteiger partial charge >= 0.3 is 0 Å². The SMILES string of the molecule is CNC1CCCN(C(=O)c2sc3cccc(F)c3c2C)C1. The lowest BCUT2D eigenvalue weighted by Gasteiger charge is -2.32. The number of halogens is 1. The van der Waals surface area contributed by atoms with Gasteiger partial charge < -0.3 is 10.2 Å². The van der Waals surface area contributed by atoms with E-state index in [4.69, 9.17) is 0 Å². The summed E-state index contributed by atoms with van der Waals surface area (Å²) in [7, 11) is 1.93. The van der Waals surface area contributed by atoms with Crippen LogP contribution in [0, 0.1) is 12.7 Å². The zero-order valence-corrected chi connectivity index (χ0v) is 13.1. The van der Waals surface area contributed by atoms with Gasteiger partial charge in [-0.25, -0.2) is 4.39 Å². The number of hydrogen-bond donors (Lipinski definition) is 1. The lowest BCUT2D eigenvalue weighted by Crippen LogP contribution is -2.46. The molecule has 21 heavy (non-hydrogen) atoms. The Kier molecular flexibility index (Phi) is 3.95. The second-order valence-corrected chi connectivity index (χ2v) is 6.60. The summed E-state index contributed by atoms with van der Waals surface area (Å²) >= 11 is 1.40. The maximum atomic E-state index is 14.0. The molecule has 1 unspecified atom stereocenters. The summed E-state index contributed by atoms with van der Waals surface area (Å²) in [4.78, 5) is 15.3. The number of amides is 1. The number of fused-ring (bicyclic) bond motifs is 1. The quantitative estimate of drug-likeness (QED) is 0.924. The molecule has 5 heteroatoms. The van der Waals surface area contributed by atoms with E-state index in [0.717, 1.165) is 36.2 Å². The van der Waals surface area contributed by atoms with Crippen molar-refractivity contribution in [2.24, 2.45) is 0 Å². The molecule has 0 spiro atoms. The molecule has 2 heterocycles. The Morgan fingerprint density at radius 1 is 1.48 bits per heavy atom. The molecule has 1 saturated heterocycles. The van der Waals surface area contributed by atoms with E-state index >= 15 is 0 Å². The number of benzene rings is 1. The first-order valence-electron chi connectivity index (χ1n) is 7.26. The molecule has 1 aliphatic rings. The van der Waals surface area contributed by atoms with Crippen LogP contribution in [0.25, 0.3) is 10.1 Å².